The fraction of sp³-hybridized carbons (Fsp3) is 0.160. The van der Waals surface area contributed by atoms with Crippen molar-refractivity contribution < 1.29 is 19.0 Å². The predicted molar refractivity (Wildman–Crippen MR) is 125 cm³/mol. The van der Waals surface area contributed by atoms with E-state index in [9.17, 15) is 14.3 Å². The van der Waals surface area contributed by atoms with Gasteiger partial charge in [0, 0.05) is 45.7 Å². The standard InChI is InChI=1S/C25H22BrFN2O3/c26-19-9-10-24(32-15-16-5-1-3-7-21(16)27)18(11-19)14-29-23(25(30)31)12-17-13-28-22-8-4-2-6-20(17)22/h1-11,13,23,28-29H,12,14-15H2,(H,30,31)/t23-/m1/s1. The fourth-order valence-corrected chi connectivity index (χ4v) is 4.01. The first-order valence-electron chi connectivity index (χ1n) is 10.2. The van der Waals surface area contributed by atoms with E-state index < -0.39 is 12.0 Å². The van der Waals surface area contributed by atoms with Crippen LogP contribution >= 0.6 is 15.9 Å². The minimum atomic E-state index is -0.931. The zero-order chi connectivity index (χ0) is 22.5. The number of carboxylic acids is 1. The van der Waals surface area contributed by atoms with Gasteiger partial charge in [0.15, 0.2) is 0 Å². The van der Waals surface area contributed by atoms with E-state index in [0.717, 1.165) is 26.5 Å². The summed E-state index contributed by atoms with van der Waals surface area (Å²) in [5.41, 5.74) is 3.14. The first kappa shape index (κ1) is 22.0. The number of hydrogen-bond acceptors (Lipinski definition) is 3. The molecular weight excluding hydrogens is 475 g/mol. The minimum Gasteiger partial charge on any atom is -0.488 e. The Morgan fingerprint density at radius 1 is 1.06 bits per heavy atom. The SMILES string of the molecule is O=C(O)[C@@H](Cc1c[nH]c2ccccc12)NCc1cc(Br)ccc1OCc1ccccc1F. The van der Waals surface area contributed by atoms with Crippen LogP contribution in [0.3, 0.4) is 0 Å². The van der Waals surface area contributed by atoms with Crippen molar-refractivity contribution in [2.24, 2.45) is 0 Å². The van der Waals surface area contributed by atoms with Crippen LogP contribution in [-0.4, -0.2) is 22.1 Å². The maximum absolute atomic E-state index is 13.9. The van der Waals surface area contributed by atoms with Crippen molar-refractivity contribution >= 4 is 32.8 Å². The zero-order valence-corrected chi connectivity index (χ0v) is 18.7. The normalized spacial score (nSPS) is 12.1. The number of carboxylic acid groups (broad SMARTS) is 1. The van der Waals surface area contributed by atoms with Gasteiger partial charge in [0.25, 0.3) is 0 Å². The van der Waals surface area contributed by atoms with Crippen molar-refractivity contribution in [1.29, 1.82) is 0 Å². The number of halogens is 2. The van der Waals surface area contributed by atoms with E-state index in [0.29, 0.717) is 17.7 Å². The topological polar surface area (TPSA) is 74.3 Å². The maximum Gasteiger partial charge on any atom is 0.321 e. The highest BCUT2D eigenvalue weighted by molar-refractivity contribution is 9.10. The number of hydrogen-bond donors (Lipinski definition) is 3. The second-order valence-corrected chi connectivity index (χ2v) is 8.38. The van der Waals surface area contributed by atoms with Crippen molar-refractivity contribution in [3.8, 4) is 5.75 Å². The number of rotatable bonds is 9. The number of H-pyrrole nitrogens is 1. The van der Waals surface area contributed by atoms with Gasteiger partial charge < -0.3 is 14.8 Å². The van der Waals surface area contributed by atoms with Crippen LogP contribution in [0.25, 0.3) is 10.9 Å². The average Bonchev–Trinajstić information content (AvgIpc) is 3.19. The van der Waals surface area contributed by atoms with Crippen molar-refractivity contribution in [2.45, 2.75) is 25.6 Å². The van der Waals surface area contributed by atoms with Gasteiger partial charge in [-0.05, 0) is 35.9 Å². The highest BCUT2D eigenvalue weighted by atomic mass is 79.9. The average molecular weight is 497 g/mol. The summed E-state index contributed by atoms with van der Waals surface area (Å²) in [6.45, 7) is 0.365. The number of para-hydroxylation sites is 1. The lowest BCUT2D eigenvalue weighted by molar-refractivity contribution is -0.139. The molecule has 1 heterocycles. The predicted octanol–water partition coefficient (Wildman–Crippen LogP) is 5.43. The van der Waals surface area contributed by atoms with Gasteiger partial charge in [-0.25, -0.2) is 4.39 Å². The number of carbonyl (C=O) groups is 1. The van der Waals surface area contributed by atoms with Crippen molar-refractivity contribution in [2.75, 3.05) is 0 Å². The van der Waals surface area contributed by atoms with E-state index in [1.54, 1.807) is 24.3 Å². The molecule has 0 spiro atoms. The Balaban J connectivity index is 1.48. The second kappa shape index (κ2) is 9.97. The second-order valence-electron chi connectivity index (χ2n) is 7.47. The molecule has 0 bridgehead atoms. The van der Waals surface area contributed by atoms with Crippen LogP contribution in [0.4, 0.5) is 4.39 Å². The van der Waals surface area contributed by atoms with Crippen LogP contribution in [-0.2, 0) is 24.4 Å². The summed E-state index contributed by atoms with van der Waals surface area (Å²) in [6, 6.07) is 19.0. The number of aromatic amines is 1. The van der Waals surface area contributed by atoms with Gasteiger partial charge in [0.1, 0.15) is 24.2 Å². The summed E-state index contributed by atoms with van der Waals surface area (Å²) in [7, 11) is 0. The van der Waals surface area contributed by atoms with E-state index in [1.807, 2.05) is 42.6 Å². The molecule has 0 saturated heterocycles. The van der Waals surface area contributed by atoms with Gasteiger partial charge >= 0.3 is 5.97 Å². The van der Waals surface area contributed by atoms with Crippen LogP contribution in [0.5, 0.6) is 5.75 Å². The Labute approximate surface area is 193 Å². The molecule has 3 N–H and O–H groups in total. The first-order chi connectivity index (χ1) is 15.5. The number of nitrogens with one attached hydrogen (secondary N) is 2. The number of aromatic nitrogens is 1. The molecule has 0 amide bonds. The van der Waals surface area contributed by atoms with Gasteiger partial charge in [0.05, 0.1) is 0 Å². The van der Waals surface area contributed by atoms with Crippen LogP contribution in [0.2, 0.25) is 0 Å². The third-order valence-electron chi connectivity index (χ3n) is 5.30. The lowest BCUT2D eigenvalue weighted by Crippen LogP contribution is -2.38. The number of fused-ring (bicyclic) bond motifs is 1. The highest BCUT2D eigenvalue weighted by Crippen LogP contribution is 2.25. The molecular formula is C25H22BrFN2O3. The van der Waals surface area contributed by atoms with Gasteiger partial charge in [0.2, 0.25) is 0 Å². The minimum absolute atomic E-state index is 0.0823. The lowest BCUT2D eigenvalue weighted by atomic mass is 10.0. The van der Waals surface area contributed by atoms with Crippen LogP contribution in [0, 0.1) is 5.82 Å². The molecule has 0 aliphatic carbocycles. The quantitative estimate of drug-likeness (QED) is 0.288. The highest BCUT2D eigenvalue weighted by Gasteiger charge is 2.20. The molecule has 1 atom stereocenters. The molecule has 0 saturated carbocycles. The largest absolute Gasteiger partial charge is 0.488 e. The molecule has 32 heavy (non-hydrogen) atoms. The molecule has 7 heteroatoms. The van der Waals surface area contributed by atoms with E-state index in [-0.39, 0.29) is 19.0 Å². The maximum atomic E-state index is 13.9. The van der Waals surface area contributed by atoms with Crippen LogP contribution in [0.1, 0.15) is 16.7 Å². The molecule has 4 rings (SSSR count). The number of aliphatic carboxylic acids is 1. The zero-order valence-electron chi connectivity index (χ0n) is 17.1. The number of benzene rings is 3. The molecule has 164 valence electrons. The Hall–Kier alpha value is -3.16. The van der Waals surface area contributed by atoms with E-state index in [1.165, 1.54) is 6.07 Å². The summed E-state index contributed by atoms with van der Waals surface area (Å²) < 4.78 is 20.6. The van der Waals surface area contributed by atoms with Crippen molar-refractivity contribution in [1.82, 2.24) is 10.3 Å². The van der Waals surface area contributed by atoms with Gasteiger partial charge in [-0.3, -0.25) is 10.1 Å². The first-order valence-corrected chi connectivity index (χ1v) is 11.0. The third kappa shape index (κ3) is 5.18. The molecule has 0 aliphatic rings. The summed E-state index contributed by atoms with van der Waals surface area (Å²) in [5.74, 6) is -0.687. The molecule has 1 aromatic heterocycles. The molecule has 0 aliphatic heterocycles. The Bertz CT molecular complexity index is 1240. The summed E-state index contributed by atoms with van der Waals surface area (Å²) in [5, 5.41) is 13.9. The molecule has 4 aromatic rings. The Morgan fingerprint density at radius 3 is 2.66 bits per heavy atom. The molecule has 0 radical (unpaired) electrons. The smallest absolute Gasteiger partial charge is 0.321 e. The fourth-order valence-electron chi connectivity index (χ4n) is 3.60. The summed E-state index contributed by atoms with van der Waals surface area (Å²) >= 11 is 3.45. The van der Waals surface area contributed by atoms with Crippen molar-refractivity contribution in [3.05, 3.63) is 99.9 Å². The van der Waals surface area contributed by atoms with E-state index >= 15 is 0 Å². The van der Waals surface area contributed by atoms with E-state index in [2.05, 4.69) is 26.2 Å². The van der Waals surface area contributed by atoms with Gasteiger partial charge in [-0.2, -0.15) is 0 Å². The van der Waals surface area contributed by atoms with E-state index in [4.69, 9.17) is 4.74 Å². The molecule has 5 nitrogen and oxygen atoms in total. The van der Waals surface area contributed by atoms with Crippen LogP contribution in [0.15, 0.2) is 77.4 Å². The third-order valence-corrected chi connectivity index (χ3v) is 5.79. The Kier molecular flexibility index (Phi) is 6.87. The summed E-state index contributed by atoms with van der Waals surface area (Å²) in [4.78, 5) is 15.1. The van der Waals surface area contributed by atoms with Crippen molar-refractivity contribution in [3.63, 3.8) is 0 Å². The monoisotopic (exact) mass is 496 g/mol. The lowest BCUT2D eigenvalue weighted by Gasteiger charge is -2.17. The van der Waals surface area contributed by atoms with Gasteiger partial charge in [-0.1, -0.05) is 52.3 Å². The van der Waals surface area contributed by atoms with Crippen LogP contribution < -0.4 is 10.1 Å². The molecule has 0 fully saturated rings. The number of ether oxygens (including phenoxy) is 1. The van der Waals surface area contributed by atoms with Gasteiger partial charge in [-0.15, -0.1) is 0 Å². The molecule has 0 unspecified atom stereocenters. The Morgan fingerprint density at radius 2 is 1.84 bits per heavy atom. The summed E-state index contributed by atoms with van der Waals surface area (Å²) in [6.07, 6.45) is 2.18. The molecule has 3 aromatic carbocycles.